The minimum Gasteiger partial charge on any atom is -0.452 e. The third-order valence-corrected chi connectivity index (χ3v) is 4.47. The van der Waals surface area contributed by atoms with Crippen LogP contribution in [0.1, 0.15) is 6.92 Å². The molecule has 7 heteroatoms. The lowest BCUT2D eigenvalue weighted by molar-refractivity contribution is -0.150. The first-order valence-electron chi connectivity index (χ1n) is 7.08. The van der Waals surface area contributed by atoms with Gasteiger partial charge in [0, 0.05) is 15.1 Å². The molecule has 126 valence electrons. The van der Waals surface area contributed by atoms with Crippen molar-refractivity contribution >= 4 is 45.3 Å². The molecule has 1 atom stereocenters. The van der Waals surface area contributed by atoms with Gasteiger partial charge in [-0.15, -0.1) is 11.8 Å². The molecule has 2 aromatic carbocycles. The van der Waals surface area contributed by atoms with Crippen molar-refractivity contribution in [3.8, 4) is 0 Å². The van der Waals surface area contributed by atoms with Gasteiger partial charge in [-0.1, -0.05) is 15.9 Å². The summed E-state index contributed by atoms with van der Waals surface area (Å²) in [4.78, 5) is 24.7. The second-order valence-electron chi connectivity index (χ2n) is 4.87. The molecule has 0 heterocycles. The molecule has 4 nitrogen and oxygen atoms in total. The van der Waals surface area contributed by atoms with Crippen molar-refractivity contribution in [3.05, 3.63) is 58.8 Å². The zero-order chi connectivity index (χ0) is 17.5. The number of hydrogen-bond donors (Lipinski definition) is 1. The SMILES string of the molecule is C[C@H](OC(=O)CSc1ccc(Br)cc1)C(=O)Nc1ccc(F)cc1. The van der Waals surface area contributed by atoms with E-state index in [4.69, 9.17) is 4.74 Å². The van der Waals surface area contributed by atoms with Gasteiger partial charge in [0.15, 0.2) is 6.10 Å². The van der Waals surface area contributed by atoms with Crippen molar-refractivity contribution < 1.29 is 18.7 Å². The Hall–Kier alpha value is -1.86. The summed E-state index contributed by atoms with van der Waals surface area (Å²) < 4.78 is 18.9. The number of ether oxygens (including phenoxy) is 1. The molecule has 0 unspecified atom stereocenters. The maximum atomic E-state index is 12.8. The molecule has 0 aliphatic heterocycles. The Balaban J connectivity index is 1.78. The number of carbonyl (C=O) groups is 2. The van der Waals surface area contributed by atoms with Gasteiger partial charge < -0.3 is 10.1 Å². The van der Waals surface area contributed by atoms with Gasteiger partial charge >= 0.3 is 5.97 Å². The average Bonchev–Trinajstić information content (AvgIpc) is 2.56. The molecule has 0 saturated carbocycles. The fraction of sp³-hybridized carbons (Fsp3) is 0.176. The predicted molar refractivity (Wildman–Crippen MR) is 95.4 cm³/mol. The van der Waals surface area contributed by atoms with Crippen molar-refractivity contribution in [2.75, 3.05) is 11.1 Å². The van der Waals surface area contributed by atoms with E-state index in [0.717, 1.165) is 9.37 Å². The number of carbonyl (C=O) groups excluding carboxylic acids is 2. The van der Waals surface area contributed by atoms with Gasteiger partial charge in [0.1, 0.15) is 5.82 Å². The van der Waals surface area contributed by atoms with E-state index in [0.29, 0.717) is 5.69 Å². The number of thioether (sulfide) groups is 1. The molecular formula is C17H15BrFNO3S. The molecule has 2 rings (SSSR count). The van der Waals surface area contributed by atoms with Gasteiger partial charge in [0.25, 0.3) is 5.91 Å². The largest absolute Gasteiger partial charge is 0.452 e. The number of esters is 1. The highest BCUT2D eigenvalue weighted by Crippen LogP contribution is 2.20. The van der Waals surface area contributed by atoms with Gasteiger partial charge in [-0.25, -0.2) is 4.39 Å². The van der Waals surface area contributed by atoms with Crippen molar-refractivity contribution in [2.45, 2.75) is 17.9 Å². The van der Waals surface area contributed by atoms with Gasteiger partial charge in [0.05, 0.1) is 5.75 Å². The quantitative estimate of drug-likeness (QED) is 0.570. The van der Waals surface area contributed by atoms with Crippen molar-refractivity contribution in [1.29, 1.82) is 0 Å². The Morgan fingerprint density at radius 1 is 1.17 bits per heavy atom. The molecule has 0 bridgehead atoms. The van der Waals surface area contributed by atoms with Crippen molar-refractivity contribution in [2.24, 2.45) is 0 Å². The average molecular weight is 412 g/mol. The van der Waals surface area contributed by atoms with Crippen LogP contribution in [0.5, 0.6) is 0 Å². The van der Waals surface area contributed by atoms with E-state index in [2.05, 4.69) is 21.2 Å². The zero-order valence-electron chi connectivity index (χ0n) is 12.8. The summed E-state index contributed by atoms with van der Waals surface area (Å²) in [6, 6.07) is 12.9. The monoisotopic (exact) mass is 411 g/mol. The molecule has 24 heavy (non-hydrogen) atoms. The number of nitrogens with one attached hydrogen (secondary N) is 1. The summed E-state index contributed by atoms with van der Waals surface area (Å²) in [6.45, 7) is 1.49. The third kappa shape index (κ3) is 5.98. The lowest BCUT2D eigenvalue weighted by Gasteiger charge is -2.13. The summed E-state index contributed by atoms with van der Waals surface area (Å²) in [5, 5.41) is 2.56. The number of halogens is 2. The summed E-state index contributed by atoms with van der Waals surface area (Å²) in [5.41, 5.74) is 0.438. The van der Waals surface area contributed by atoms with Gasteiger partial charge in [-0.05, 0) is 55.5 Å². The van der Waals surface area contributed by atoms with Crippen LogP contribution in [0.4, 0.5) is 10.1 Å². The van der Waals surface area contributed by atoms with E-state index in [-0.39, 0.29) is 5.75 Å². The van der Waals surface area contributed by atoms with Crippen LogP contribution in [0.3, 0.4) is 0 Å². The van der Waals surface area contributed by atoms with Crippen LogP contribution in [0.25, 0.3) is 0 Å². The number of benzene rings is 2. The smallest absolute Gasteiger partial charge is 0.317 e. The van der Waals surface area contributed by atoms with Crippen LogP contribution in [0.15, 0.2) is 57.9 Å². The summed E-state index contributed by atoms with van der Waals surface area (Å²) >= 11 is 4.67. The van der Waals surface area contributed by atoms with E-state index in [1.54, 1.807) is 0 Å². The highest BCUT2D eigenvalue weighted by molar-refractivity contribution is 9.10. The molecule has 0 aliphatic carbocycles. The van der Waals surface area contributed by atoms with Crippen LogP contribution in [-0.2, 0) is 14.3 Å². The maximum absolute atomic E-state index is 12.8. The lowest BCUT2D eigenvalue weighted by Crippen LogP contribution is -2.30. The van der Waals surface area contributed by atoms with Gasteiger partial charge in [-0.2, -0.15) is 0 Å². The standard InChI is InChI=1S/C17H15BrFNO3S/c1-11(17(22)20-14-6-4-13(19)5-7-14)23-16(21)10-24-15-8-2-12(18)3-9-15/h2-9,11H,10H2,1H3,(H,20,22)/t11-/m0/s1. The number of rotatable bonds is 6. The number of anilines is 1. The summed E-state index contributed by atoms with van der Waals surface area (Å²) in [7, 11) is 0. The van der Waals surface area contributed by atoms with Crippen LogP contribution in [-0.4, -0.2) is 23.7 Å². The topological polar surface area (TPSA) is 55.4 Å². The summed E-state index contributed by atoms with van der Waals surface area (Å²) in [6.07, 6.45) is -0.937. The summed E-state index contributed by atoms with van der Waals surface area (Å²) in [5.74, 6) is -1.23. The molecule has 1 N–H and O–H groups in total. The van der Waals surface area contributed by atoms with E-state index < -0.39 is 23.8 Å². The minimum absolute atomic E-state index is 0.107. The van der Waals surface area contributed by atoms with Gasteiger partial charge in [0.2, 0.25) is 0 Å². The van der Waals surface area contributed by atoms with Crippen LogP contribution >= 0.6 is 27.7 Å². The highest BCUT2D eigenvalue weighted by atomic mass is 79.9. The highest BCUT2D eigenvalue weighted by Gasteiger charge is 2.18. The van der Waals surface area contributed by atoms with Crippen LogP contribution in [0.2, 0.25) is 0 Å². The van der Waals surface area contributed by atoms with Gasteiger partial charge in [-0.3, -0.25) is 9.59 Å². The second-order valence-corrected chi connectivity index (χ2v) is 6.84. The number of amides is 1. The first-order chi connectivity index (χ1) is 11.4. The van der Waals surface area contributed by atoms with Crippen molar-refractivity contribution in [3.63, 3.8) is 0 Å². The van der Waals surface area contributed by atoms with E-state index >= 15 is 0 Å². The molecule has 1 amide bonds. The van der Waals surface area contributed by atoms with E-state index in [9.17, 15) is 14.0 Å². The molecule has 0 spiro atoms. The number of hydrogen-bond acceptors (Lipinski definition) is 4. The fourth-order valence-corrected chi connectivity index (χ4v) is 2.68. The Bertz CT molecular complexity index is 707. The Kier molecular flexibility index (Phi) is 6.81. The van der Waals surface area contributed by atoms with Crippen LogP contribution < -0.4 is 5.32 Å². The Morgan fingerprint density at radius 2 is 1.79 bits per heavy atom. The molecule has 2 aromatic rings. The molecule has 0 radical (unpaired) electrons. The first-order valence-corrected chi connectivity index (χ1v) is 8.86. The molecule has 0 saturated heterocycles. The van der Waals surface area contributed by atoms with Crippen molar-refractivity contribution in [1.82, 2.24) is 0 Å². The first kappa shape index (κ1) is 18.5. The third-order valence-electron chi connectivity index (χ3n) is 2.96. The fourth-order valence-electron chi connectivity index (χ4n) is 1.73. The van der Waals surface area contributed by atoms with Crippen LogP contribution in [0, 0.1) is 5.82 Å². The second kappa shape index (κ2) is 8.84. The van der Waals surface area contributed by atoms with E-state index in [1.165, 1.54) is 43.0 Å². The zero-order valence-corrected chi connectivity index (χ0v) is 15.2. The molecule has 0 aliphatic rings. The Labute approximate surface area is 151 Å². The molecule has 0 fully saturated rings. The molecule has 0 aromatic heterocycles. The minimum atomic E-state index is -0.937. The van der Waals surface area contributed by atoms with E-state index in [1.807, 2.05) is 24.3 Å². The Morgan fingerprint density at radius 3 is 2.42 bits per heavy atom. The maximum Gasteiger partial charge on any atom is 0.317 e. The lowest BCUT2D eigenvalue weighted by atomic mass is 10.3. The predicted octanol–water partition coefficient (Wildman–Crippen LogP) is 4.25. The normalized spacial score (nSPS) is 11.6. The molecular weight excluding hydrogens is 397 g/mol.